The zero-order valence-corrected chi connectivity index (χ0v) is 19.5. The Kier molecular flexibility index (Phi) is 6.65. The molecule has 35 heavy (non-hydrogen) atoms. The van der Waals surface area contributed by atoms with Gasteiger partial charge in [0.25, 0.3) is 10.0 Å². The Morgan fingerprint density at radius 2 is 1.71 bits per heavy atom. The number of ether oxygens (including phenoxy) is 2. The van der Waals surface area contributed by atoms with Crippen LogP contribution in [0, 0.1) is 18.6 Å². The normalized spacial score (nSPS) is 11.3. The third kappa shape index (κ3) is 5.38. The van der Waals surface area contributed by atoms with E-state index < -0.39 is 32.5 Å². The van der Waals surface area contributed by atoms with Crippen molar-refractivity contribution in [1.29, 1.82) is 0 Å². The van der Waals surface area contributed by atoms with Gasteiger partial charge in [-0.15, -0.1) is 0 Å². The number of aryl methyl sites for hydroxylation is 1. The number of nitrogens with one attached hydrogen (secondary N) is 1. The standard InChI is InChI=1S/C25H20F2N2O5S/c1-15-3-5-16(6-4-15)23-13-24(34-14-25(30)33-2)19-11-17(7-10-22(19)28-23)29-35(31,32)18-8-9-20(26)21(27)12-18/h3-13,29H,14H2,1-2H3. The molecule has 0 saturated carbocycles. The quantitative estimate of drug-likeness (QED) is 0.367. The molecule has 4 aromatic rings. The van der Waals surface area contributed by atoms with Gasteiger partial charge in [0.05, 0.1) is 23.2 Å². The molecule has 0 unspecified atom stereocenters. The Bertz CT molecular complexity index is 1520. The molecule has 0 bridgehead atoms. The zero-order chi connectivity index (χ0) is 25.2. The highest BCUT2D eigenvalue weighted by molar-refractivity contribution is 7.92. The van der Waals surface area contributed by atoms with Crippen LogP contribution in [0.3, 0.4) is 0 Å². The molecule has 0 atom stereocenters. The second-order valence-corrected chi connectivity index (χ2v) is 9.33. The van der Waals surface area contributed by atoms with Crippen LogP contribution >= 0.6 is 0 Å². The lowest BCUT2D eigenvalue weighted by Gasteiger charge is -2.13. The fourth-order valence-electron chi connectivity index (χ4n) is 3.30. The number of hydrogen-bond donors (Lipinski definition) is 1. The Labute approximate surface area is 200 Å². The molecule has 4 rings (SSSR count). The van der Waals surface area contributed by atoms with Gasteiger partial charge < -0.3 is 9.47 Å². The van der Waals surface area contributed by atoms with E-state index in [1.807, 2.05) is 31.2 Å². The molecule has 3 aromatic carbocycles. The summed E-state index contributed by atoms with van der Waals surface area (Å²) in [5.41, 5.74) is 3.11. The predicted octanol–water partition coefficient (Wildman–Crippen LogP) is 4.84. The number of anilines is 1. The minimum Gasteiger partial charge on any atom is -0.481 e. The number of sulfonamides is 1. The number of esters is 1. The lowest BCUT2D eigenvalue weighted by molar-refractivity contribution is -0.142. The highest BCUT2D eigenvalue weighted by atomic mass is 32.2. The van der Waals surface area contributed by atoms with Crippen molar-refractivity contribution in [2.75, 3.05) is 18.4 Å². The monoisotopic (exact) mass is 498 g/mol. The number of nitrogens with zero attached hydrogens (tertiary/aromatic N) is 1. The summed E-state index contributed by atoms with van der Waals surface area (Å²) in [6.45, 7) is 1.60. The number of pyridine rings is 1. The predicted molar refractivity (Wildman–Crippen MR) is 127 cm³/mol. The SMILES string of the molecule is COC(=O)COc1cc(-c2ccc(C)cc2)nc2ccc(NS(=O)(=O)c3ccc(F)c(F)c3)cc12. The van der Waals surface area contributed by atoms with Gasteiger partial charge in [0, 0.05) is 22.7 Å². The number of halogens is 2. The van der Waals surface area contributed by atoms with Crippen LogP contribution in [0.15, 0.2) is 71.6 Å². The van der Waals surface area contributed by atoms with Gasteiger partial charge in [-0.25, -0.2) is 27.0 Å². The number of fused-ring (bicyclic) bond motifs is 1. The van der Waals surface area contributed by atoms with Crippen LogP contribution in [0.25, 0.3) is 22.2 Å². The van der Waals surface area contributed by atoms with E-state index in [-0.39, 0.29) is 18.0 Å². The van der Waals surface area contributed by atoms with Crippen molar-refractivity contribution in [2.45, 2.75) is 11.8 Å². The summed E-state index contributed by atoms with van der Waals surface area (Å²) >= 11 is 0. The Morgan fingerprint density at radius 1 is 0.971 bits per heavy atom. The first kappa shape index (κ1) is 24.1. The van der Waals surface area contributed by atoms with E-state index in [9.17, 15) is 22.0 Å². The minimum absolute atomic E-state index is 0.134. The molecular weight excluding hydrogens is 478 g/mol. The molecule has 7 nitrogen and oxygen atoms in total. The molecule has 0 amide bonds. The molecule has 180 valence electrons. The van der Waals surface area contributed by atoms with Crippen molar-refractivity contribution in [3.8, 4) is 17.0 Å². The van der Waals surface area contributed by atoms with Crippen LogP contribution in [0.5, 0.6) is 5.75 Å². The number of carbonyl (C=O) groups excluding carboxylic acids is 1. The molecule has 0 aliphatic rings. The Balaban J connectivity index is 1.75. The average molecular weight is 499 g/mol. The average Bonchev–Trinajstić information content (AvgIpc) is 2.84. The van der Waals surface area contributed by atoms with Crippen molar-refractivity contribution < 1.29 is 31.5 Å². The fraction of sp³-hybridized carbons (Fsp3) is 0.120. The second-order valence-electron chi connectivity index (χ2n) is 7.65. The van der Waals surface area contributed by atoms with E-state index in [0.29, 0.717) is 22.7 Å². The van der Waals surface area contributed by atoms with Crippen LogP contribution < -0.4 is 9.46 Å². The molecule has 0 aliphatic heterocycles. The van der Waals surface area contributed by atoms with Crippen molar-refractivity contribution in [3.63, 3.8) is 0 Å². The maximum atomic E-state index is 13.6. The largest absolute Gasteiger partial charge is 0.481 e. The van der Waals surface area contributed by atoms with Crippen LogP contribution in [-0.4, -0.2) is 33.1 Å². The van der Waals surface area contributed by atoms with Gasteiger partial charge in [-0.3, -0.25) is 4.72 Å². The summed E-state index contributed by atoms with van der Waals surface area (Å²) in [6, 6.07) is 16.2. The lowest BCUT2D eigenvalue weighted by atomic mass is 10.1. The smallest absolute Gasteiger partial charge is 0.343 e. The number of hydrogen-bond acceptors (Lipinski definition) is 6. The van der Waals surface area contributed by atoms with Crippen LogP contribution in [0.2, 0.25) is 0 Å². The molecule has 0 saturated heterocycles. The maximum absolute atomic E-state index is 13.6. The first-order chi connectivity index (χ1) is 16.7. The molecule has 0 radical (unpaired) electrons. The summed E-state index contributed by atoms with van der Waals surface area (Å²) in [7, 11) is -2.98. The van der Waals surface area contributed by atoms with Gasteiger partial charge >= 0.3 is 5.97 Å². The van der Waals surface area contributed by atoms with E-state index in [1.165, 1.54) is 19.2 Å². The van der Waals surface area contributed by atoms with Gasteiger partial charge in [0.15, 0.2) is 18.2 Å². The zero-order valence-electron chi connectivity index (χ0n) is 18.7. The summed E-state index contributed by atoms with van der Waals surface area (Å²) in [4.78, 5) is 15.9. The van der Waals surface area contributed by atoms with Gasteiger partial charge in [-0.05, 0) is 43.3 Å². The summed E-state index contributed by atoms with van der Waals surface area (Å²) < 4.78 is 64.8. The number of carbonyl (C=O) groups is 1. The van der Waals surface area contributed by atoms with E-state index in [0.717, 1.165) is 23.3 Å². The molecule has 0 spiro atoms. The van der Waals surface area contributed by atoms with Crippen LogP contribution in [0.4, 0.5) is 14.5 Å². The summed E-state index contributed by atoms with van der Waals surface area (Å²) in [5, 5.41) is 0.426. The molecule has 1 aromatic heterocycles. The molecule has 0 aliphatic carbocycles. The molecule has 1 N–H and O–H groups in total. The highest BCUT2D eigenvalue weighted by Crippen LogP contribution is 2.33. The van der Waals surface area contributed by atoms with Gasteiger partial charge in [0.1, 0.15) is 5.75 Å². The molecular formula is C25H20F2N2O5S. The minimum atomic E-state index is -4.21. The Morgan fingerprint density at radius 3 is 2.40 bits per heavy atom. The van der Waals surface area contributed by atoms with Crippen molar-refractivity contribution in [1.82, 2.24) is 4.98 Å². The van der Waals surface area contributed by atoms with E-state index in [1.54, 1.807) is 12.1 Å². The summed E-state index contributed by atoms with van der Waals surface area (Å²) in [5.74, 6) is -2.75. The van der Waals surface area contributed by atoms with Crippen molar-refractivity contribution >= 4 is 32.6 Å². The Hall–Kier alpha value is -4.05. The fourth-order valence-corrected chi connectivity index (χ4v) is 4.36. The van der Waals surface area contributed by atoms with E-state index in [2.05, 4.69) is 14.4 Å². The number of methoxy groups -OCH3 is 1. The van der Waals surface area contributed by atoms with Crippen molar-refractivity contribution in [3.05, 3.63) is 83.9 Å². The maximum Gasteiger partial charge on any atom is 0.343 e. The number of benzene rings is 3. The summed E-state index contributed by atoms with van der Waals surface area (Å²) in [6.07, 6.45) is 0. The van der Waals surface area contributed by atoms with Crippen LogP contribution in [-0.2, 0) is 19.6 Å². The second kappa shape index (κ2) is 9.67. The van der Waals surface area contributed by atoms with Crippen molar-refractivity contribution in [2.24, 2.45) is 0 Å². The van der Waals surface area contributed by atoms with Gasteiger partial charge in [-0.1, -0.05) is 29.8 Å². The molecule has 0 fully saturated rings. The number of rotatable bonds is 7. The van der Waals surface area contributed by atoms with Crippen LogP contribution in [0.1, 0.15) is 5.56 Å². The highest BCUT2D eigenvalue weighted by Gasteiger charge is 2.18. The lowest BCUT2D eigenvalue weighted by Crippen LogP contribution is -2.14. The molecule has 10 heteroatoms. The van der Waals surface area contributed by atoms with E-state index >= 15 is 0 Å². The third-order valence-corrected chi connectivity index (χ3v) is 6.52. The number of aromatic nitrogens is 1. The van der Waals surface area contributed by atoms with Gasteiger partial charge in [0.2, 0.25) is 0 Å². The first-order valence-corrected chi connectivity index (χ1v) is 11.8. The van der Waals surface area contributed by atoms with E-state index in [4.69, 9.17) is 4.74 Å². The first-order valence-electron chi connectivity index (χ1n) is 10.4. The third-order valence-electron chi connectivity index (χ3n) is 5.14. The topological polar surface area (TPSA) is 94.6 Å². The van der Waals surface area contributed by atoms with Gasteiger partial charge in [-0.2, -0.15) is 0 Å². The molecule has 1 heterocycles.